The minimum absolute atomic E-state index is 0.396. The SMILES string of the molecule is O=C(Nc1ccc(-n2cccn2)cc1)c1ccccc1C(F)(F)F. The van der Waals surface area contributed by atoms with Crippen molar-refractivity contribution in [1.29, 1.82) is 0 Å². The number of carbonyl (C=O) groups excluding carboxylic acids is 1. The minimum atomic E-state index is -4.59. The van der Waals surface area contributed by atoms with Gasteiger partial charge in [-0.1, -0.05) is 12.1 Å². The zero-order chi connectivity index (χ0) is 17.2. The lowest BCUT2D eigenvalue weighted by Crippen LogP contribution is -2.18. The van der Waals surface area contributed by atoms with Gasteiger partial charge in [-0.3, -0.25) is 4.79 Å². The third-order valence-corrected chi connectivity index (χ3v) is 3.37. The third-order valence-electron chi connectivity index (χ3n) is 3.37. The summed E-state index contributed by atoms with van der Waals surface area (Å²) in [6.07, 6.45) is -1.20. The number of rotatable bonds is 3. The van der Waals surface area contributed by atoms with Crippen LogP contribution in [0.1, 0.15) is 15.9 Å². The Kier molecular flexibility index (Phi) is 4.07. The molecule has 1 aromatic heterocycles. The Morgan fingerprint density at radius 2 is 1.71 bits per heavy atom. The molecule has 0 spiro atoms. The van der Waals surface area contributed by atoms with E-state index in [0.717, 1.165) is 17.8 Å². The Labute approximate surface area is 135 Å². The summed E-state index contributed by atoms with van der Waals surface area (Å²) >= 11 is 0. The maximum Gasteiger partial charge on any atom is 0.417 e. The monoisotopic (exact) mass is 331 g/mol. The van der Waals surface area contributed by atoms with Gasteiger partial charge in [-0.15, -0.1) is 0 Å². The predicted molar refractivity (Wildman–Crippen MR) is 83.0 cm³/mol. The van der Waals surface area contributed by atoms with Crippen molar-refractivity contribution < 1.29 is 18.0 Å². The van der Waals surface area contributed by atoms with Crippen molar-refractivity contribution in [2.45, 2.75) is 6.18 Å². The Morgan fingerprint density at radius 3 is 2.33 bits per heavy atom. The Morgan fingerprint density at radius 1 is 1.00 bits per heavy atom. The van der Waals surface area contributed by atoms with Gasteiger partial charge in [-0.25, -0.2) is 4.68 Å². The molecular weight excluding hydrogens is 319 g/mol. The molecule has 0 aliphatic heterocycles. The molecule has 24 heavy (non-hydrogen) atoms. The van der Waals surface area contributed by atoms with Crippen LogP contribution in [0.4, 0.5) is 18.9 Å². The smallest absolute Gasteiger partial charge is 0.322 e. The molecule has 3 rings (SSSR count). The Bertz CT molecular complexity index is 840. The fourth-order valence-electron chi connectivity index (χ4n) is 2.25. The fourth-order valence-corrected chi connectivity index (χ4v) is 2.25. The number of alkyl halides is 3. The number of anilines is 1. The number of aromatic nitrogens is 2. The van der Waals surface area contributed by atoms with Crippen LogP contribution < -0.4 is 5.32 Å². The summed E-state index contributed by atoms with van der Waals surface area (Å²) in [6.45, 7) is 0. The fraction of sp³-hybridized carbons (Fsp3) is 0.0588. The second-order valence-corrected chi connectivity index (χ2v) is 4.99. The highest BCUT2D eigenvalue weighted by Crippen LogP contribution is 2.32. The summed E-state index contributed by atoms with van der Waals surface area (Å²) in [7, 11) is 0. The van der Waals surface area contributed by atoms with Crippen LogP contribution in [0.3, 0.4) is 0 Å². The lowest BCUT2D eigenvalue weighted by Gasteiger charge is -2.13. The number of amides is 1. The molecule has 0 atom stereocenters. The minimum Gasteiger partial charge on any atom is -0.322 e. The second-order valence-electron chi connectivity index (χ2n) is 4.99. The van der Waals surface area contributed by atoms with Crippen molar-refractivity contribution in [2.24, 2.45) is 0 Å². The Balaban J connectivity index is 1.81. The van der Waals surface area contributed by atoms with E-state index in [0.29, 0.717) is 5.69 Å². The average Bonchev–Trinajstić information content (AvgIpc) is 3.09. The van der Waals surface area contributed by atoms with Crippen LogP contribution in [-0.2, 0) is 6.18 Å². The van der Waals surface area contributed by atoms with E-state index in [1.807, 2.05) is 0 Å². The van der Waals surface area contributed by atoms with E-state index in [1.165, 1.54) is 12.1 Å². The molecule has 0 aliphatic carbocycles. The van der Waals surface area contributed by atoms with Gasteiger partial charge < -0.3 is 5.32 Å². The van der Waals surface area contributed by atoms with Gasteiger partial charge >= 0.3 is 6.18 Å². The number of nitrogens with one attached hydrogen (secondary N) is 1. The van der Waals surface area contributed by atoms with Crippen molar-refractivity contribution in [3.8, 4) is 5.69 Å². The predicted octanol–water partition coefficient (Wildman–Crippen LogP) is 4.14. The number of halogens is 3. The van der Waals surface area contributed by atoms with Crippen LogP contribution in [0.15, 0.2) is 67.0 Å². The first-order valence-corrected chi connectivity index (χ1v) is 7.03. The average molecular weight is 331 g/mol. The van der Waals surface area contributed by atoms with Crippen LogP contribution in [0.25, 0.3) is 5.69 Å². The Hall–Kier alpha value is -3.09. The molecule has 0 fully saturated rings. The van der Waals surface area contributed by atoms with Crippen LogP contribution in [0.2, 0.25) is 0 Å². The van der Waals surface area contributed by atoms with E-state index < -0.39 is 23.2 Å². The zero-order valence-electron chi connectivity index (χ0n) is 12.3. The van der Waals surface area contributed by atoms with Crippen LogP contribution in [-0.4, -0.2) is 15.7 Å². The highest BCUT2D eigenvalue weighted by Gasteiger charge is 2.34. The molecule has 4 nitrogen and oxygen atoms in total. The van der Waals surface area contributed by atoms with Gasteiger partial charge in [0, 0.05) is 18.1 Å². The maximum atomic E-state index is 13.0. The molecule has 1 N–H and O–H groups in total. The quantitative estimate of drug-likeness (QED) is 0.784. The summed E-state index contributed by atoms with van der Waals surface area (Å²) in [5.41, 5.74) is -0.210. The summed E-state index contributed by atoms with van der Waals surface area (Å²) < 4.78 is 40.5. The van der Waals surface area contributed by atoms with Gasteiger partial charge in [0.05, 0.1) is 16.8 Å². The van der Waals surface area contributed by atoms with Crippen LogP contribution in [0, 0.1) is 0 Å². The molecule has 1 amide bonds. The first-order chi connectivity index (χ1) is 11.4. The molecule has 0 unspecified atom stereocenters. The highest BCUT2D eigenvalue weighted by atomic mass is 19.4. The van der Waals surface area contributed by atoms with Crippen molar-refractivity contribution in [1.82, 2.24) is 9.78 Å². The molecule has 0 saturated carbocycles. The zero-order valence-corrected chi connectivity index (χ0v) is 12.3. The number of hydrogen-bond acceptors (Lipinski definition) is 2. The molecule has 0 aliphatic rings. The standard InChI is InChI=1S/C17H12F3N3O/c18-17(19,20)15-5-2-1-4-14(15)16(24)22-12-6-8-13(9-7-12)23-11-3-10-21-23/h1-11H,(H,22,24). The molecule has 7 heteroatoms. The van der Waals surface area contributed by atoms with Crippen LogP contribution >= 0.6 is 0 Å². The number of benzene rings is 2. The lowest BCUT2D eigenvalue weighted by atomic mass is 10.1. The molecular formula is C17H12F3N3O. The van der Waals surface area contributed by atoms with E-state index in [-0.39, 0.29) is 0 Å². The molecule has 122 valence electrons. The van der Waals surface area contributed by atoms with E-state index in [1.54, 1.807) is 47.4 Å². The molecule has 2 aromatic carbocycles. The third kappa shape index (κ3) is 3.29. The van der Waals surface area contributed by atoms with Crippen molar-refractivity contribution in [2.75, 3.05) is 5.32 Å². The molecule has 1 heterocycles. The van der Waals surface area contributed by atoms with Gasteiger partial charge in [0.15, 0.2) is 0 Å². The number of nitrogens with zero attached hydrogens (tertiary/aromatic N) is 2. The summed E-state index contributed by atoms with van der Waals surface area (Å²) in [4.78, 5) is 12.2. The first-order valence-electron chi connectivity index (χ1n) is 7.03. The maximum absolute atomic E-state index is 13.0. The molecule has 0 radical (unpaired) electrons. The normalized spacial score (nSPS) is 11.3. The van der Waals surface area contributed by atoms with E-state index >= 15 is 0 Å². The van der Waals surface area contributed by atoms with Gasteiger partial charge in [0.25, 0.3) is 5.91 Å². The summed E-state index contributed by atoms with van der Waals surface area (Å²) in [5, 5.41) is 6.54. The molecule has 0 saturated heterocycles. The van der Waals surface area contributed by atoms with E-state index in [4.69, 9.17) is 0 Å². The highest BCUT2D eigenvalue weighted by molar-refractivity contribution is 6.05. The number of hydrogen-bond donors (Lipinski definition) is 1. The molecule has 0 bridgehead atoms. The van der Waals surface area contributed by atoms with Gasteiger partial charge in [-0.2, -0.15) is 18.3 Å². The molecule has 3 aromatic rings. The van der Waals surface area contributed by atoms with E-state index in [9.17, 15) is 18.0 Å². The van der Waals surface area contributed by atoms with Crippen molar-refractivity contribution in [3.63, 3.8) is 0 Å². The van der Waals surface area contributed by atoms with E-state index in [2.05, 4.69) is 10.4 Å². The van der Waals surface area contributed by atoms with Gasteiger partial charge in [0.2, 0.25) is 0 Å². The van der Waals surface area contributed by atoms with Crippen LogP contribution in [0.5, 0.6) is 0 Å². The number of carbonyl (C=O) groups is 1. The largest absolute Gasteiger partial charge is 0.417 e. The van der Waals surface area contributed by atoms with Gasteiger partial charge in [0.1, 0.15) is 0 Å². The summed E-state index contributed by atoms with van der Waals surface area (Å²) in [5.74, 6) is -0.810. The van der Waals surface area contributed by atoms with Crippen molar-refractivity contribution >= 4 is 11.6 Å². The summed E-state index contributed by atoms with van der Waals surface area (Å²) in [6, 6.07) is 13.1. The first kappa shape index (κ1) is 15.8. The second kappa shape index (κ2) is 6.19. The topological polar surface area (TPSA) is 46.9 Å². The lowest BCUT2D eigenvalue weighted by molar-refractivity contribution is -0.137. The van der Waals surface area contributed by atoms with Crippen molar-refractivity contribution in [3.05, 3.63) is 78.1 Å². The van der Waals surface area contributed by atoms with Gasteiger partial charge in [-0.05, 0) is 42.5 Å².